The lowest BCUT2D eigenvalue weighted by molar-refractivity contribution is 0.899. The molecule has 1 atom stereocenters. The van der Waals surface area contributed by atoms with Gasteiger partial charge in [-0.15, -0.1) is 11.3 Å². The quantitative estimate of drug-likeness (QED) is 0.889. The molecule has 0 aliphatic rings. The number of rotatable bonds is 2. The van der Waals surface area contributed by atoms with Crippen LogP contribution in [0.4, 0.5) is 0 Å². The molecule has 68 valence electrons. The first kappa shape index (κ1) is 9.40. The summed E-state index contributed by atoms with van der Waals surface area (Å²) in [6, 6.07) is 6.20. The van der Waals surface area contributed by atoms with E-state index in [1.54, 1.807) is 22.7 Å². The van der Waals surface area contributed by atoms with Gasteiger partial charge in [0, 0.05) is 4.88 Å². The lowest BCUT2D eigenvalue weighted by atomic mass is 10.1. The van der Waals surface area contributed by atoms with Gasteiger partial charge in [0.25, 0.3) is 0 Å². The average Bonchev–Trinajstić information content (AvgIpc) is 2.72. The van der Waals surface area contributed by atoms with Gasteiger partial charge in [-0.2, -0.15) is 11.3 Å². The van der Waals surface area contributed by atoms with E-state index >= 15 is 0 Å². The Kier molecular flexibility index (Phi) is 2.83. The number of hydrogen-bond donors (Lipinski definition) is 1. The summed E-state index contributed by atoms with van der Waals surface area (Å²) in [7, 11) is 0. The highest BCUT2D eigenvalue weighted by Gasteiger charge is 2.10. The van der Waals surface area contributed by atoms with E-state index in [1.807, 2.05) is 6.07 Å². The molecule has 0 spiro atoms. The Labute approximate surface area is 93.3 Å². The Hall–Kier alpha value is -0.160. The van der Waals surface area contributed by atoms with E-state index in [0.29, 0.717) is 0 Å². The predicted molar refractivity (Wildman–Crippen MR) is 62.4 cm³/mol. The minimum absolute atomic E-state index is 0.0301. The van der Waals surface area contributed by atoms with Crippen molar-refractivity contribution >= 4 is 38.6 Å². The molecule has 2 N–H and O–H groups in total. The van der Waals surface area contributed by atoms with E-state index in [4.69, 9.17) is 5.73 Å². The standard InChI is InChI=1S/C9H8BrNS2/c10-8-2-1-7(13-8)9(11)6-3-4-12-5-6/h1-5,9H,11H2. The molecular weight excluding hydrogens is 266 g/mol. The van der Waals surface area contributed by atoms with Crippen LogP contribution in [-0.4, -0.2) is 0 Å². The van der Waals surface area contributed by atoms with E-state index < -0.39 is 0 Å². The lowest BCUT2D eigenvalue weighted by Gasteiger charge is -2.05. The highest BCUT2D eigenvalue weighted by Crippen LogP contribution is 2.30. The van der Waals surface area contributed by atoms with Crippen molar-refractivity contribution in [2.24, 2.45) is 5.73 Å². The maximum atomic E-state index is 6.07. The lowest BCUT2D eigenvalue weighted by Crippen LogP contribution is -2.08. The highest BCUT2D eigenvalue weighted by molar-refractivity contribution is 9.11. The molecular formula is C9H8BrNS2. The van der Waals surface area contributed by atoms with Crippen LogP contribution in [0.25, 0.3) is 0 Å². The number of nitrogens with two attached hydrogens (primary N) is 1. The van der Waals surface area contributed by atoms with Gasteiger partial charge in [0.05, 0.1) is 9.83 Å². The van der Waals surface area contributed by atoms with Gasteiger partial charge in [0.15, 0.2) is 0 Å². The molecule has 0 radical (unpaired) electrons. The van der Waals surface area contributed by atoms with E-state index in [9.17, 15) is 0 Å². The van der Waals surface area contributed by atoms with Crippen molar-refractivity contribution < 1.29 is 0 Å². The topological polar surface area (TPSA) is 26.0 Å². The van der Waals surface area contributed by atoms with Crippen LogP contribution in [0.1, 0.15) is 16.5 Å². The molecule has 2 aromatic heterocycles. The van der Waals surface area contributed by atoms with Crippen LogP contribution in [0.15, 0.2) is 32.7 Å². The Bertz CT molecular complexity index is 380. The van der Waals surface area contributed by atoms with Gasteiger partial charge in [0.2, 0.25) is 0 Å². The minimum atomic E-state index is 0.0301. The minimum Gasteiger partial charge on any atom is -0.320 e. The van der Waals surface area contributed by atoms with Crippen molar-refractivity contribution in [3.8, 4) is 0 Å². The Morgan fingerprint density at radius 2 is 2.15 bits per heavy atom. The molecule has 13 heavy (non-hydrogen) atoms. The van der Waals surface area contributed by atoms with E-state index in [0.717, 1.165) is 3.79 Å². The summed E-state index contributed by atoms with van der Waals surface area (Å²) >= 11 is 6.80. The number of halogens is 1. The van der Waals surface area contributed by atoms with Gasteiger partial charge in [-0.25, -0.2) is 0 Å². The molecule has 1 nitrogen and oxygen atoms in total. The summed E-state index contributed by atoms with van der Waals surface area (Å²) in [5, 5.41) is 4.15. The van der Waals surface area contributed by atoms with Crippen LogP contribution in [0.3, 0.4) is 0 Å². The zero-order valence-electron chi connectivity index (χ0n) is 6.74. The van der Waals surface area contributed by atoms with E-state index in [2.05, 4.69) is 38.8 Å². The monoisotopic (exact) mass is 273 g/mol. The van der Waals surface area contributed by atoms with E-state index in [-0.39, 0.29) is 6.04 Å². The molecule has 0 aromatic carbocycles. The molecule has 2 heterocycles. The van der Waals surface area contributed by atoms with Crippen LogP contribution < -0.4 is 5.73 Å². The largest absolute Gasteiger partial charge is 0.320 e. The second-order valence-corrected chi connectivity index (χ2v) is 5.95. The van der Waals surface area contributed by atoms with Gasteiger partial charge >= 0.3 is 0 Å². The molecule has 2 rings (SSSR count). The van der Waals surface area contributed by atoms with Crippen molar-refractivity contribution in [3.05, 3.63) is 43.2 Å². The van der Waals surface area contributed by atoms with Crippen molar-refractivity contribution in [1.29, 1.82) is 0 Å². The van der Waals surface area contributed by atoms with Crippen LogP contribution in [0.2, 0.25) is 0 Å². The van der Waals surface area contributed by atoms with Crippen LogP contribution in [-0.2, 0) is 0 Å². The Balaban J connectivity index is 2.28. The maximum absolute atomic E-state index is 6.07. The first-order chi connectivity index (χ1) is 6.27. The summed E-state index contributed by atoms with van der Waals surface area (Å²) in [6.07, 6.45) is 0. The maximum Gasteiger partial charge on any atom is 0.0702 e. The fourth-order valence-electron chi connectivity index (χ4n) is 1.11. The molecule has 1 unspecified atom stereocenters. The van der Waals surface area contributed by atoms with E-state index in [1.165, 1.54) is 10.4 Å². The van der Waals surface area contributed by atoms with Crippen molar-refractivity contribution in [2.45, 2.75) is 6.04 Å². The normalized spacial score (nSPS) is 13.1. The Morgan fingerprint density at radius 1 is 1.31 bits per heavy atom. The predicted octanol–water partition coefficient (Wildman–Crippen LogP) is 3.62. The van der Waals surface area contributed by atoms with Crippen LogP contribution in [0.5, 0.6) is 0 Å². The fraction of sp³-hybridized carbons (Fsp3) is 0.111. The first-order valence-electron chi connectivity index (χ1n) is 3.80. The SMILES string of the molecule is NC(c1ccsc1)c1ccc(Br)s1. The molecule has 0 saturated heterocycles. The first-order valence-corrected chi connectivity index (χ1v) is 6.35. The number of hydrogen-bond acceptors (Lipinski definition) is 3. The molecule has 0 fully saturated rings. The summed E-state index contributed by atoms with van der Waals surface area (Å²) in [5.74, 6) is 0. The van der Waals surface area contributed by atoms with Gasteiger partial charge < -0.3 is 5.73 Å². The molecule has 0 saturated carbocycles. The second kappa shape index (κ2) is 3.92. The van der Waals surface area contributed by atoms with Crippen molar-refractivity contribution in [1.82, 2.24) is 0 Å². The average molecular weight is 274 g/mol. The second-order valence-electron chi connectivity index (χ2n) is 2.68. The Morgan fingerprint density at radius 3 is 2.69 bits per heavy atom. The molecule has 4 heteroatoms. The molecule has 0 aliphatic heterocycles. The number of thiophene rings is 2. The summed E-state index contributed by atoms with van der Waals surface area (Å²) < 4.78 is 1.13. The third-order valence-electron chi connectivity index (χ3n) is 1.80. The summed E-state index contributed by atoms with van der Waals surface area (Å²) in [6.45, 7) is 0. The van der Waals surface area contributed by atoms with Crippen molar-refractivity contribution in [3.63, 3.8) is 0 Å². The van der Waals surface area contributed by atoms with Gasteiger partial charge in [-0.05, 0) is 50.5 Å². The third kappa shape index (κ3) is 2.02. The highest BCUT2D eigenvalue weighted by atomic mass is 79.9. The van der Waals surface area contributed by atoms with Crippen LogP contribution in [0, 0.1) is 0 Å². The van der Waals surface area contributed by atoms with Gasteiger partial charge in [-0.1, -0.05) is 0 Å². The van der Waals surface area contributed by atoms with Crippen molar-refractivity contribution in [2.75, 3.05) is 0 Å². The van der Waals surface area contributed by atoms with Crippen LogP contribution >= 0.6 is 38.6 Å². The molecule has 0 bridgehead atoms. The zero-order valence-corrected chi connectivity index (χ0v) is 9.95. The molecule has 2 aromatic rings. The zero-order chi connectivity index (χ0) is 9.26. The fourth-order valence-corrected chi connectivity index (χ4v) is 3.26. The molecule has 0 aliphatic carbocycles. The van der Waals surface area contributed by atoms with Gasteiger partial charge in [0.1, 0.15) is 0 Å². The third-order valence-corrected chi connectivity index (χ3v) is 4.21. The summed E-state index contributed by atoms with van der Waals surface area (Å²) in [5.41, 5.74) is 7.26. The molecule has 0 amide bonds. The van der Waals surface area contributed by atoms with Gasteiger partial charge in [-0.3, -0.25) is 0 Å². The smallest absolute Gasteiger partial charge is 0.0702 e. The summed E-state index contributed by atoms with van der Waals surface area (Å²) in [4.78, 5) is 1.20.